The average molecular weight is 471 g/mol. The highest BCUT2D eigenvalue weighted by Crippen LogP contribution is 2.25. The van der Waals surface area contributed by atoms with Crippen molar-refractivity contribution in [3.8, 4) is 10.7 Å². The molecule has 0 unspecified atom stereocenters. The van der Waals surface area contributed by atoms with Crippen molar-refractivity contribution in [2.24, 2.45) is 0 Å². The molecule has 3 N–H and O–H groups in total. The van der Waals surface area contributed by atoms with Crippen molar-refractivity contribution < 1.29 is 13.2 Å². The monoisotopic (exact) mass is 470 g/mol. The Balaban J connectivity index is 1.39. The van der Waals surface area contributed by atoms with E-state index in [1.807, 2.05) is 29.6 Å². The number of aromatic amines is 1. The number of fused-ring (bicyclic) bond motifs is 1. The fourth-order valence-electron chi connectivity index (χ4n) is 3.02. The number of H-pyrrole nitrogens is 1. The van der Waals surface area contributed by atoms with Gasteiger partial charge < -0.3 is 10.3 Å². The summed E-state index contributed by atoms with van der Waals surface area (Å²) in [5, 5.41) is 4.88. The summed E-state index contributed by atoms with van der Waals surface area (Å²) in [6.45, 7) is 0.424. The van der Waals surface area contributed by atoms with Crippen LogP contribution in [0.25, 0.3) is 21.9 Å². The van der Waals surface area contributed by atoms with Gasteiger partial charge in [-0.05, 0) is 41.6 Å². The number of hydrogen-bond acceptors (Lipinski definition) is 6. The molecule has 0 fully saturated rings. The minimum absolute atomic E-state index is 0.225. The van der Waals surface area contributed by atoms with Gasteiger partial charge in [-0.3, -0.25) is 9.52 Å². The number of carbonyl (C=O) groups excluding carboxylic acids is 1. The number of aromatic nitrogens is 3. The SMILES string of the molecule is CN(C)S(=O)(=O)Nc1ccc(CCNC(=O)c2ccnc3[nH]c(-c4cccs4)nc23)cc1. The molecule has 4 aromatic rings. The van der Waals surface area contributed by atoms with Crippen LogP contribution in [0, 0.1) is 0 Å². The largest absolute Gasteiger partial charge is 0.352 e. The lowest BCUT2D eigenvalue weighted by Gasteiger charge is -2.13. The van der Waals surface area contributed by atoms with Crippen molar-refractivity contribution in [2.45, 2.75) is 6.42 Å². The van der Waals surface area contributed by atoms with E-state index in [0.29, 0.717) is 41.2 Å². The molecule has 9 nitrogen and oxygen atoms in total. The highest BCUT2D eigenvalue weighted by atomic mass is 32.2. The minimum atomic E-state index is -3.54. The summed E-state index contributed by atoms with van der Waals surface area (Å²) in [5.74, 6) is 0.463. The van der Waals surface area contributed by atoms with E-state index in [-0.39, 0.29) is 5.91 Å². The lowest BCUT2D eigenvalue weighted by atomic mass is 10.1. The zero-order valence-electron chi connectivity index (χ0n) is 17.5. The summed E-state index contributed by atoms with van der Waals surface area (Å²) in [6.07, 6.45) is 2.18. The number of amides is 1. The van der Waals surface area contributed by atoms with Gasteiger partial charge in [0.1, 0.15) is 11.3 Å². The molecule has 32 heavy (non-hydrogen) atoms. The Bertz CT molecular complexity index is 1330. The van der Waals surface area contributed by atoms with E-state index in [9.17, 15) is 13.2 Å². The van der Waals surface area contributed by atoms with E-state index in [2.05, 4.69) is 25.0 Å². The van der Waals surface area contributed by atoms with Crippen LogP contribution in [0.4, 0.5) is 5.69 Å². The van der Waals surface area contributed by atoms with Crippen LogP contribution in [0.2, 0.25) is 0 Å². The van der Waals surface area contributed by atoms with Gasteiger partial charge in [-0.25, -0.2) is 9.97 Å². The van der Waals surface area contributed by atoms with Crippen molar-refractivity contribution in [1.29, 1.82) is 0 Å². The molecule has 0 saturated heterocycles. The third kappa shape index (κ3) is 4.79. The highest BCUT2D eigenvalue weighted by Gasteiger charge is 2.16. The first-order valence-electron chi connectivity index (χ1n) is 9.79. The maximum absolute atomic E-state index is 12.7. The predicted octanol–water partition coefficient (Wildman–Crippen LogP) is 2.88. The van der Waals surface area contributed by atoms with E-state index in [0.717, 1.165) is 14.7 Å². The third-order valence-corrected chi connectivity index (χ3v) is 7.10. The third-order valence-electron chi connectivity index (χ3n) is 4.76. The quantitative estimate of drug-likeness (QED) is 0.366. The Hall–Kier alpha value is -3.28. The molecular weight excluding hydrogens is 448 g/mol. The highest BCUT2D eigenvalue weighted by molar-refractivity contribution is 7.90. The molecule has 0 atom stereocenters. The van der Waals surface area contributed by atoms with E-state index in [4.69, 9.17) is 0 Å². The van der Waals surface area contributed by atoms with Crippen LogP contribution in [-0.4, -0.2) is 54.2 Å². The maximum Gasteiger partial charge on any atom is 0.301 e. The first-order chi connectivity index (χ1) is 15.3. The molecule has 0 saturated carbocycles. The van der Waals surface area contributed by atoms with Gasteiger partial charge in [-0.1, -0.05) is 18.2 Å². The van der Waals surface area contributed by atoms with Crippen LogP contribution in [-0.2, 0) is 16.6 Å². The Morgan fingerprint density at radius 1 is 1.16 bits per heavy atom. The molecule has 1 aromatic carbocycles. The summed E-state index contributed by atoms with van der Waals surface area (Å²) in [4.78, 5) is 25.7. The molecule has 166 valence electrons. The van der Waals surface area contributed by atoms with Gasteiger partial charge in [0.15, 0.2) is 5.65 Å². The summed E-state index contributed by atoms with van der Waals surface area (Å²) in [5.41, 5.74) is 3.01. The minimum Gasteiger partial charge on any atom is -0.352 e. The molecule has 0 aliphatic heterocycles. The number of nitrogens with zero attached hydrogens (tertiary/aromatic N) is 3. The fraction of sp³-hybridized carbons (Fsp3) is 0.190. The first-order valence-corrected chi connectivity index (χ1v) is 12.1. The Kier molecular flexibility index (Phi) is 6.21. The Morgan fingerprint density at radius 2 is 1.94 bits per heavy atom. The van der Waals surface area contributed by atoms with Crippen LogP contribution in [0.3, 0.4) is 0 Å². The molecule has 0 spiro atoms. The first kappa shape index (κ1) is 21.9. The number of nitrogens with one attached hydrogen (secondary N) is 3. The van der Waals surface area contributed by atoms with Crippen molar-refractivity contribution in [1.82, 2.24) is 24.6 Å². The van der Waals surface area contributed by atoms with Gasteiger partial charge >= 0.3 is 10.2 Å². The van der Waals surface area contributed by atoms with Gasteiger partial charge in [0.2, 0.25) is 0 Å². The molecule has 0 radical (unpaired) electrons. The lowest BCUT2D eigenvalue weighted by molar-refractivity contribution is 0.0955. The predicted molar refractivity (Wildman–Crippen MR) is 126 cm³/mol. The lowest BCUT2D eigenvalue weighted by Crippen LogP contribution is -2.28. The molecule has 3 aromatic heterocycles. The van der Waals surface area contributed by atoms with Crippen LogP contribution in [0.1, 0.15) is 15.9 Å². The van der Waals surface area contributed by atoms with Gasteiger partial charge in [0.05, 0.1) is 10.4 Å². The van der Waals surface area contributed by atoms with E-state index < -0.39 is 10.2 Å². The summed E-state index contributed by atoms with van der Waals surface area (Å²) in [6, 6.07) is 12.6. The normalized spacial score (nSPS) is 11.7. The number of pyridine rings is 1. The molecule has 4 rings (SSSR count). The second kappa shape index (κ2) is 9.07. The zero-order chi connectivity index (χ0) is 22.7. The fourth-order valence-corrected chi connectivity index (χ4v) is 4.30. The van der Waals surface area contributed by atoms with E-state index in [1.165, 1.54) is 14.1 Å². The number of thiophene rings is 1. The van der Waals surface area contributed by atoms with Crippen molar-refractivity contribution in [2.75, 3.05) is 25.4 Å². The maximum atomic E-state index is 12.7. The second-order valence-corrected chi connectivity index (χ2v) is 10.0. The van der Waals surface area contributed by atoms with Crippen LogP contribution in [0.5, 0.6) is 0 Å². The summed E-state index contributed by atoms with van der Waals surface area (Å²) in [7, 11) is -0.620. The zero-order valence-corrected chi connectivity index (χ0v) is 19.1. The number of anilines is 1. The molecule has 3 heterocycles. The van der Waals surface area contributed by atoms with E-state index >= 15 is 0 Å². The molecule has 0 aliphatic carbocycles. The number of carbonyl (C=O) groups is 1. The molecule has 0 aliphatic rings. The van der Waals surface area contributed by atoms with E-state index in [1.54, 1.807) is 35.7 Å². The van der Waals surface area contributed by atoms with Crippen molar-refractivity contribution in [3.63, 3.8) is 0 Å². The van der Waals surface area contributed by atoms with Crippen molar-refractivity contribution in [3.05, 3.63) is 65.2 Å². The Labute approximate surface area is 189 Å². The van der Waals surface area contributed by atoms with Crippen LogP contribution in [0.15, 0.2) is 54.0 Å². The number of imidazole rings is 1. The van der Waals surface area contributed by atoms with Gasteiger partial charge in [-0.2, -0.15) is 12.7 Å². The van der Waals surface area contributed by atoms with Gasteiger partial charge in [0, 0.05) is 32.5 Å². The number of rotatable bonds is 8. The van der Waals surface area contributed by atoms with Gasteiger partial charge in [0.25, 0.3) is 5.91 Å². The number of hydrogen-bond donors (Lipinski definition) is 3. The van der Waals surface area contributed by atoms with Gasteiger partial charge in [-0.15, -0.1) is 11.3 Å². The molecule has 1 amide bonds. The standard InChI is InChI=1S/C21H22N6O3S2/c1-27(2)32(29,30)26-15-7-5-14(6-8-15)9-11-23-21(28)16-10-12-22-20-18(16)24-19(25-20)17-4-3-13-31-17/h3-8,10,12-13,26H,9,11H2,1-2H3,(H,23,28)(H,22,24,25). The molecule has 0 bridgehead atoms. The molecule has 11 heteroatoms. The summed E-state index contributed by atoms with van der Waals surface area (Å²) >= 11 is 1.56. The smallest absolute Gasteiger partial charge is 0.301 e. The Morgan fingerprint density at radius 3 is 2.62 bits per heavy atom. The summed E-state index contributed by atoms with van der Waals surface area (Å²) < 4.78 is 27.4. The van der Waals surface area contributed by atoms with Crippen molar-refractivity contribution >= 4 is 44.3 Å². The average Bonchev–Trinajstić information content (AvgIpc) is 3.44. The second-order valence-electron chi connectivity index (χ2n) is 7.21. The number of benzene rings is 1. The van der Waals surface area contributed by atoms with Crippen LogP contribution >= 0.6 is 11.3 Å². The molecular formula is C21H22N6O3S2. The van der Waals surface area contributed by atoms with Crippen LogP contribution < -0.4 is 10.0 Å². The topological polar surface area (TPSA) is 120 Å².